The van der Waals surface area contributed by atoms with Gasteiger partial charge in [-0.25, -0.2) is 9.67 Å². The van der Waals surface area contributed by atoms with Crippen molar-refractivity contribution >= 4 is 11.9 Å². The molecule has 0 spiro atoms. The molecule has 9 heteroatoms. The van der Waals surface area contributed by atoms with Crippen molar-refractivity contribution in [1.82, 2.24) is 14.8 Å². The van der Waals surface area contributed by atoms with E-state index in [9.17, 15) is 9.90 Å². The van der Waals surface area contributed by atoms with Gasteiger partial charge in [-0.05, 0) is 91.3 Å². The first kappa shape index (κ1) is 34.9. The number of hydrogen-bond donors (Lipinski definition) is 3. The van der Waals surface area contributed by atoms with E-state index in [1.54, 1.807) is 6.33 Å². The molecular formula is C38H63N5O4. The Bertz CT molecular complexity index is 1410. The molecule has 6 rings (SSSR count). The molecular weight excluding hydrogens is 590 g/mol. The topological polar surface area (TPSA) is 139 Å². The summed E-state index contributed by atoms with van der Waals surface area (Å²) >= 11 is 0. The Morgan fingerprint density at radius 2 is 1.83 bits per heavy atom. The highest BCUT2D eigenvalue weighted by Gasteiger charge is 2.72. The fraction of sp³-hybridized carbons (Fsp3) is 0.868. The summed E-state index contributed by atoms with van der Waals surface area (Å²) in [5.41, 5.74) is 13.0. The Hall–Kier alpha value is -1.97. The molecule has 0 radical (unpaired) electrons. The molecule has 12 atom stereocenters. The van der Waals surface area contributed by atoms with Gasteiger partial charge in [-0.3, -0.25) is 4.79 Å². The number of aliphatic carboxylic acids is 1. The van der Waals surface area contributed by atoms with Crippen molar-refractivity contribution < 1.29 is 19.4 Å². The number of nitrogens with zero attached hydrogens (tertiary/aromatic N) is 3. The largest absolute Gasteiger partial charge is 0.481 e. The van der Waals surface area contributed by atoms with Gasteiger partial charge in [-0.15, -0.1) is 0 Å². The summed E-state index contributed by atoms with van der Waals surface area (Å²) in [5, 5.41) is 15.7. The maximum absolute atomic E-state index is 13.4. The standard InChI is InChI=1S/C38H63N5O4/c1-22(2)24(5)33(6)15-16-35(8)25-11-12-28-34(7)18-46-20-38(28,26(25)13-14-36(35,9)29(33)31(44)45)17-27(43-32(39)41-21-42-43)30(34)47-19-37(10,40)23(3)4/h13,21-25,27-30H,11-12,14-20,40H2,1-10H3,(H,44,45)(H2,39,41,42)/t24-,25+,27-,28+,29-,30+,33-,34-,35-,36+,37+,38+/m1/s1. The number of carboxylic acid groups (broad SMARTS) is 1. The van der Waals surface area contributed by atoms with Crippen LogP contribution in [0.3, 0.4) is 0 Å². The van der Waals surface area contributed by atoms with Gasteiger partial charge in [0.15, 0.2) is 0 Å². The summed E-state index contributed by atoms with van der Waals surface area (Å²) < 4.78 is 15.5. The molecule has 1 aromatic heterocycles. The van der Waals surface area contributed by atoms with Gasteiger partial charge in [-0.1, -0.05) is 74.0 Å². The second kappa shape index (κ2) is 11.3. The summed E-state index contributed by atoms with van der Waals surface area (Å²) in [4.78, 5) is 17.8. The summed E-state index contributed by atoms with van der Waals surface area (Å²) in [5.74, 6) is 1.01. The number of carboxylic acids is 1. The molecule has 2 heterocycles. The van der Waals surface area contributed by atoms with Crippen LogP contribution < -0.4 is 11.5 Å². The second-order valence-corrected chi connectivity index (χ2v) is 18.6. The van der Waals surface area contributed by atoms with Crippen LogP contribution in [0, 0.1) is 62.6 Å². The zero-order chi connectivity index (χ0) is 34.5. The average Bonchev–Trinajstić information content (AvgIpc) is 3.41. The molecule has 1 aliphatic heterocycles. The summed E-state index contributed by atoms with van der Waals surface area (Å²) in [6.07, 6.45) is 9.52. The number of aromatic nitrogens is 3. The maximum Gasteiger partial charge on any atom is 0.307 e. The van der Waals surface area contributed by atoms with Gasteiger partial charge in [0.25, 0.3) is 0 Å². The van der Waals surface area contributed by atoms with Crippen molar-refractivity contribution in [3.63, 3.8) is 0 Å². The van der Waals surface area contributed by atoms with Crippen LogP contribution in [0.4, 0.5) is 5.95 Å². The molecule has 4 aliphatic carbocycles. The van der Waals surface area contributed by atoms with Gasteiger partial charge in [0.1, 0.15) is 6.33 Å². The fourth-order valence-electron chi connectivity index (χ4n) is 12.1. The molecule has 9 nitrogen and oxygen atoms in total. The van der Waals surface area contributed by atoms with Crippen LogP contribution in [-0.2, 0) is 14.3 Å². The van der Waals surface area contributed by atoms with E-state index in [0.717, 1.165) is 38.5 Å². The Morgan fingerprint density at radius 1 is 1.13 bits per heavy atom. The fourth-order valence-corrected chi connectivity index (χ4v) is 12.1. The van der Waals surface area contributed by atoms with Crippen LogP contribution in [-0.4, -0.2) is 57.3 Å². The van der Waals surface area contributed by atoms with E-state index in [2.05, 4.69) is 85.4 Å². The van der Waals surface area contributed by atoms with Gasteiger partial charge < -0.3 is 26.0 Å². The number of hydrogen-bond acceptors (Lipinski definition) is 7. The molecule has 4 fully saturated rings. The predicted molar refractivity (Wildman–Crippen MR) is 184 cm³/mol. The van der Waals surface area contributed by atoms with E-state index >= 15 is 0 Å². The van der Waals surface area contributed by atoms with E-state index < -0.39 is 17.4 Å². The molecule has 0 aromatic carbocycles. The number of fused-ring (bicyclic) bond motifs is 3. The Kier molecular flexibility index (Phi) is 8.37. The molecule has 1 aromatic rings. The summed E-state index contributed by atoms with van der Waals surface area (Å²) in [6, 6.07) is -0.125. The van der Waals surface area contributed by atoms with Crippen LogP contribution >= 0.6 is 0 Å². The Balaban J connectivity index is 1.45. The molecule has 5 aliphatic rings. The number of allylic oxidation sites excluding steroid dienone is 1. The van der Waals surface area contributed by atoms with Crippen molar-refractivity contribution in [2.75, 3.05) is 25.6 Å². The zero-order valence-electron chi connectivity index (χ0n) is 30.8. The Labute approximate surface area is 283 Å². The molecule has 264 valence electrons. The minimum atomic E-state index is -0.627. The van der Waals surface area contributed by atoms with Gasteiger partial charge in [-0.2, -0.15) is 5.10 Å². The van der Waals surface area contributed by atoms with Crippen LogP contribution in [0.2, 0.25) is 0 Å². The van der Waals surface area contributed by atoms with Crippen molar-refractivity contribution in [2.45, 2.75) is 125 Å². The quantitative estimate of drug-likeness (QED) is 0.262. The molecule has 0 amide bonds. The van der Waals surface area contributed by atoms with Crippen LogP contribution in [0.1, 0.15) is 114 Å². The summed E-state index contributed by atoms with van der Waals surface area (Å²) in [6.45, 7) is 24.2. The highest BCUT2D eigenvalue weighted by Crippen LogP contribution is 2.75. The lowest BCUT2D eigenvalue weighted by atomic mass is 9.34. The van der Waals surface area contributed by atoms with Crippen LogP contribution in [0.15, 0.2) is 18.0 Å². The van der Waals surface area contributed by atoms with E-state index in [1.165, 1.54) is 5.57 Å². The molecule has 47 heavy (non-hydrogen) atoms. The van der Waals surface area contributed by atoms with Gasteiger partial charge in [0, 0.05) is 16.4 Å². The molecule has 2 bridgehead atoms. The zero-order valence-corrected chi connectivity index (χ0v) is 30.8. The lowest BCUT2D eigenvalue weighted by Gasteiger charge is -2.71. The first-order valence-electron chi connectivity index (χ1n) is 18.4. The number of carbonyl (C=O) groups is 1. The minimum Gasteiger partial charge on any atom is -0.481 e. The average molecular weight is 654 g/mol. The van der Waals surface area contributed by atoms with Crippen molar-refractivity contribution in [2.24, 2.45) is 68.3 Å². The Morgan fingerprint density at radius 3 is 2.43 bits per heavy atom. The van der Waals surface area contributed by atoms with Crippen molar-refractivity contribution in [3.05, 3.63) is 18.0 Å². The van der Waals surface area contributed by atoms with Crippen molar-refractivity contribution in [1.29, 1.82) is 0 Å². The van der Waals surface area contributed by atoms with E-state index in [0.29, 0.717) is 49.4 Å². The first-order chi connectivity index (χ1) is 21.8. The third-order valence-electron chi connectivity index (χ3n) is 15.9. The normalized spacial score (nSPS) is 45.0. The smallest absolute Gasteiger partial charge is 0.307 e. The summed E-state index contributed by atoms with van der Waals surface area (Å²) in [7, 11) is 0. The van der Waals surface area contributed by atoms with Gasteiger partial charge in [0.05, 0.1) is 37.9 Å². The first-order valence-corrected chi connectivity index (χ1v) is 18.4. The van der Waals surface area contributed by atoms with Crippen LogP contribution in [0.5, 0.6) is 0 Å². The lowest BCUT2D eigenvalue weighted by molar-refractivity contribution is -0.252. The molecule has 5 N–H and O–H groups in total. The predicted octanol–water partition coefficient (Wildman–Crippen LogP) is 6.75. The SMILES string of the molecule is CC(C)[C@@H](C)[C@@]1(C)CC[C@]2(C)[C@H]3CC[C@@H]4[C@@]5(COC[C@@]4(C)[C@@H](OC[C@](C)(N)C(C)C)[C@H](n4ncnc4N)C5)C3=CC[C@@]2(C)[C@@H]1C(=O)O. The number of nitrogen functional groups attached to an aromatic ring is 1. The van der Waals surface area contributed by atoms with Gasteiger partial charge in [0.2, 0.25) is 5.95 Å². The van der Waals surface area contributed by atoms with E-state index in [-0.39, 0.29) is 45.1 Å². The highest BCUT2D eigenvalue weighted by molar-refractivity contribution is 5.73. The number of anilines is 1. The molecule has 0 unspecified atom stereocenters. The molecule has 1 saturated heterocycles. The second-order valence-electron chi connectivity index (χ2n) is 18.6. The number of rotatable bonds is 8. The lowest BCUT2D eigenvalue weighted by Crippen LogP contribution is -2.69. The highest BCUT2D eigenvalue weighted by atomic mass is 16.5. The van der Waals surface area contributed by atoms with Crippen LogP contribution in [0.25, 0.3) is 0 Å². The maximum atomic E-state index is 13.4. The van der Waals surface area contributed by atoms with Crippen molar-refractivity contribution in [3.8, 4) is 0 Å². The number of nitrogens with two attached hydrogens (primary N) is 2. The minimum absolute atomic E-state index is 0.125. The van der Waals surface area contributed by atoms with Gasteiger partial charge >= 0.3 is 5.97 Å². The number of ether oxygens (including phenoxy) is 2. The van der Waals surface area contributed by atoms with E-state index in [4.69, 9.17) is 20.9 Å². The third kappa shape index (κ3) is 4.75. The van der Waals surface area contributed by atoms with E-state index in [1.807, 2.05) is 4.68 Å². The molecule has 3 saturated carbocycles. The third-order valence-corrected chi connectivity index (χ3v) is 15.9. The monoisotopic (exact) mass is 653 g/mol.